The molecule has 0 saturated heterocycles. The first-order valence-electron chi connectivity index (χ1n) is 9.45. The Balaban J connectivity index is 1.70. The van der Waals surface area contributed by atoms with Crippen molar-refractivity contribution < 1.29 is 14.3 Å². The zero-order valence-electron chi connectivity index (χ0n) is 16.1. The quantitative estimate of drug-likeness (QED) is 0.838. The molecule has 1 unspecified atom stereocenters. The highest BCUT2D eigenvalue weighted by Crippen LogP contribution is 2.34. The van der Waals surface area contributed by atoms with Crippen LogP contribution in [0.3, 0.4) is 0 Å². The maximum Gasteiger partial charge on any atom is 0.268 e. The third-order valence-corrected chi connectivity index (χ3v) is 4.68. The Labute approximate surface area is 160 Å². The molecule has 1 aliphatic heterocycles. The number of hydrogen-bond donors (Lipinski definition) is 1. The lowest BCUT2D eigenvalue weighted by Crippen LogP contribution is -2.47. The van der Waals surface area contributed by atoms with Gasteiger partial charge in [0.05, 0.1) is 5.69 Å². The third kappa shape index (κ3) is 4.48. The number of amides is 2. The van der Waals surface area contributed by atoms with Gasteiger partial charge in [-0.3, -0.25) is 14.5 Å². The minimum Gasteiger partial charge on any atom is -0.479 e. The van der Waals surface area contributed by atoms with E-state index < -0.39 is 6.10 Å². The first kappa shape index (κ1) is 19.0. The van der Waals surface area contributed by atoms with Gasteiger partial charge >= 0.3 is 0 Å². The predicted octanol–water partition coefficient (Wildman–Crippen LogP) is 4.09. The van der Waals surface area contributed by atoms with E-state index in [-0.39, 0.29) is 18.4 Å². The first-order chi connectivity index (χ1) is 13.0. The lowest BCUT2D eigenvalue weighted by atomic mass is 10.1. The molecule has 0 radical (unpaired) electrons. The number of carbonyl (C=O) groups excluding carboxylic acids is 2. The van der Waals surface area contributed by atoms with Gasteiger partial charge in [0.15, 0.2) is 6.10 Å². The second-order valence-corrected chi connectivity index (χ2v) is 7.00. The van der Waals surface area contributed by atoms with E-state index in [0.29, 0.717) is 11.4 Å². The molecule has 5 heteroatoms. The summed E-state index contributed by atoms with van der Waals surface area (Å²) in [5, 5.41) is 2.88. The number of nitrogens with zero attached hydrogens (tertiary/aromatic N) is 1. The van der Waals surface area contributed by atoms with Gasteiger partial charge in [-0.05, 0) is 62.1 Å². The minimum atomic E-state index is -0.606. The molecule has 0 aromatic heterocycles. The fourth-order valence-corrected chi connectivity index (χ4v) is 3.16. The molecule has 0 saturated carbocycles. The molecular weight excluding hydrogens is 340 g/mol. The Morgan fingerprint density at radius 3 is 2.63 bits per heavy atom. The van der Waals surface area contributed by atoms with E-state index in [1.54, 1.807) is 6.92 Å². The van der Waals surface area contributed by atoms with Crippen molar-refractivity contribution in [1.82, 2.24) is 0 Å². The summed E-state index contributed by atoms with van der Waals surface area (Å²) in [4.78, 5) is 26.6. The number of nitrogens with one attached hydrogen (secondary N) is 1. The first-order valence-corrected chi connectivity index (χ1v) is 9.45. The monoisotopic (exact) mass is 366 g/mol. The second kappa shape index (κ2) is 8.25. The largest absolute Gasteiger partial charge is 0.479 e. The Bertz CT molecular complexity index is 830. The number of ether oxygens (including phenoxy) is 1. The van der Waals surface area contributed by atoms with Crippen LogP contribution in [0.15, 0.2) is 42.5 Å². The van der Waals surface area contributed by atoms with Crippen LogP contribution in [-0.4, -0.2) is 24.5 Å². The van der Waals surface area contributed by atoms with Crippen LogP contribution in [0.25, 0.3) is 0 Å². The molecule has 0 bridgehead atoms. The summed E-state index contributed by atoms with van der Waals surface area (Å²) in [7, 11) is 0. The van der Waals surface area contributed by atoms with E-state index in [1.807, 2.05) is 49.4 Å². The molecule has 2 aromatic carbocycles. The predicted molar refractivity (Wildman–Crippen MR) is 107 cm³/mol. The van der Waals surface area contributed by atoms with E-state index in [1.165, 1.54) is 10.5 Å². The van der Waals surface area contributed by atoms with Gasteiger partial charge in [0.1, 0.15) is 12.3 Å². The maximum absolute atomic E-state index is 12.6. The van der Waals surface area contributed by atoms with Gasteiger partial charge in [0.25, 0.3) is 5.91 Å². The summed E-state index contributed by atoms with van der Waals surface area (Å²) < 4.78 is 5.65. The Kier molecular flexibility index (Phi) is 5.79. The summed E-state index contributed by atoms with van der Waals surface area (Å²) in [5.74, 6) is 0.185. The highest BCUT2D eigenvalue weighted by atomic mass is 16.5. The zero-order chi connectivity index (χ0) is 19.4. The van der Waals surface area contributed by atoms with Gasteiger partial charge in [-0.1, -0.05) is 31.5 Å². The molecule has 2 amide bonds. The zero-order valence-corrected chi connectivity index (χ0v) is 16.1. The number of rotatable bonds is 6. The van der Waals surface area contributed by atoms with E-state index >= 15 is 0 Å². The molecule has 1 atom stereocenters. The van der Waals surface area contributed by atoms with Gasteiger partial charge in [-0.2, -0.15) is 0 Å². The molecule has 0 fully saturated rings. The van der Waals surface area contributed by atoms with Crippen molar-refractivity contribution in [2.75, 3.05) is 16.8 Å². The van der Waals surface area contributed by atoms with Crippen molar-refractivity contribution >= 4 is 23.2 Å². The fourth-order valence-electron chi connectivity index (χ4n) is 3.16. The summed E-state index contributed by atoms with van der Waals surface area (Å²) in [6, 6.07) is 13.5. The SMILES string of the molecule is CCCCc1ccc(NC(=O)CN2C(=O)C(C)Oc3ccc(C)cc32)cc1. The van der Waals surface area contributed by atoms with Crippen molar-refractivity contribution in [2.24, 2.45) is 0 Å². The Morgan fingerprint density at radius 1 is 1.19 bits per heavy atom. The number of aryl methyl sites for hydroxylation is 2. The Morgan fingerprint density at radius 2 is 1.93 bits per heavy atom. The lowest BCUT2D eigenvalue weighted by Gasteiger charge is -2.32. The average molecular weight is 366 g/mol. The number of anilines is 2. The van der Waals surface area contributed by atoms with Gasteiger partial charge in [-0.15, -0.1) is 0 Å². The van der Waals surface area contributed by atoms with E-state index in [0.717, 1.165) is 30.5 Å². The molecule has 5 nitrogen and oxygen atoms in total. The fraction of sp³-hybridized carbons (Fsp3) is 0.364. The summed E-state index contributed by atoms with van der Waals surface area (Å²) in [6.45, 7) is 5.77. The minimum absolute atomic E-state index is 0.0411. The molecular formula is C22H26N2O3. The molecule has 1 heterocycles. The standard InChI is InChI=1S/C22H26N2O3/c1-4-5-6-17-8-10-18(11-9-17)23-21(25)14-24-19-13-15(2)7-12-20(19)27-16(3)22(24)26/h7-13,16H,4-6,14H2,1-3H3,(H,23,25). The third-order valence-electron chi connectivity index (χ3n) is 4.68. The van der Waals surface area contributed by atoms with Crippen molar-refractivity contribution in [3.8, 4) is 5.75 Å². The summed E-state index contributed by atoms with van der Waals surface area (Å²) in [6.07, 6.45) is 2.75. The lowest BCUT2D eigenvalue weighted by molar-refractivity contribution is -0.127. The number of carbonyl (C=O) groups is 2. The van der Waals surface area contributed by atoms with Crippen LogP contribution >= 0.6 is 0 Å². The summed E-state index contributed by atoms with van der Waals surface area (Å²) >= 11 is 0. The molecule has 142 valence electrons. The Hall–Kier alpha value is -2.82. The van der Waals surface area contributed by atoms with Crippen molar-refractivity contribution in [2.45, 2.75) is 46.1 Å². The molecule has 3 rings (SSSR count). The average Bonchev–Trinajstić information content (AvgIpc) is 2.65. The normalized spacial score (nSPS) is 15.9. The van der Waals surface area contributed by atoms with Crippen molar-refractivity contribution in [3.05, 3.63) is 53.6 Å². The van der Waals surface area contributed by atoms with E-state index in [4.69, 9.17) is 4.74 Å². The van der Waals surface area contributed by atoms with Gasteiger partial charge < -0.3 is 10.1 Å². The highest BCUT2D eigenvalue weighted by molar-refractivity contribution is 6.06. The smallest absolute Gasteiger partial charge is 0.268 e. The molecule has 2 aromatic rings. The van der Waals surface area contributed by atoms with E-state index in [2.05, 4.69) is 12.2 Å². The molecule has 0 spiro atoms. The van der Waals surface area contributed by atoms with Crippen molar-refractivity contribution in [1.29, 1.82) is 0 Å². The van der Waals surface area contributed by atoms with Crippen LogP contribution < -0.4 is 15.0 Å². The van der Waals surface area contributed by atoms with E-state index in [9.17, 15) is 9.59 Å². The molecule has 0 aliphatic carbocycles. The summed E-state index contributed by atoms with van der Waals surface area (Å²) in [5.41, 5.74) is 3.64. The van der Waals surface area contributed by atoms with Crippen LogP contribution in [-0.2, 0) is 16.0 Å². The topological polar surface area (TPSA) is 58.6 Å². The van der Waals surface area contributed by atoms with Crippen LogP contribution in [0.4, 0.5) is 11.4 Å². The van der Waals surface area contributed by atoms with Crippen molar-refractivity contribution in [3.63, 3.8) is 0 Å². The van der Waals surface area contributed by atoms with Gasteiger partial charge in [-0.25, -0.2) is 0 Å². The molecule has 1 aliphatic rings. The second-order valence-electron chi connectivity index (χ2n) is 7.00. The van der Waals surface area contributed by atoms with Gasteiger partial charge in [0, 0.05) is 5.69 Å². The maximum atomic E-state index is 12.6. The van der Waals surface area contributed by atoms with Gasteiger partial charge in [0.2, 0.25) is 5.91 Å². The highest BCUT2D eigenvalue weighted by Gasteiger charge is 2.32. The number of benzene rings is 2. The molecule has 27 heavy (non-hydrogen) atoms. The number of hydrogen-bond acceptors (Lipinski definition) is 3. The number of unbranched alkanes of at least 4 members (excludes halogenated alkanes) is 1. The molecule has 1 N–H and O–H groups in total. The van der Waals surface area contributed by atoms with Crippen LogP contribution in [0.1, 0.15) is 37.8 Å². The van der Waals surface area contributed by atoms with Crippen LogP contribution in [0.2, 0.25) is 0 Å². The number of fused-ring (bicyclic) bond motifs is 1. The van der Waals surface area contributed by atoms with Crippen LogP contribution in [0, 0.1) is 6.92 Å². The van der Waals surface area contributed by atoms with Crippen LogP contribution in [0.5, 0.6) is 5.75 Å².